The molecule has 1 rings (SSSR count). The van der Waals surface area contributed by atoms with E-state index in [-0.39, 0.29) is 6.04 Å². The third-order valence-corrected chi connectivity index (χ3v) is 2.43. The van der Waals surface area contributed by atoms with Crippen molar-refractivity contribution in [2.45, 2.75) is 32.0 Å². The van der Waals surface area contributed by atoms with Gasteiger partial charge in [-0.3, -0.25) is 4.79 Å². The summed E-state index contributed by atoms with van der Waals surface area (Å²) in [7, 11) is 0. The van der Waals surface area contributed by atoms with Gasteiger partial charge in [0.2, 0.25) is 5.91 Å². The minimum Gasteiger partial charge on any atom is -0.383 e. The third-order valence-electron chi connectivity index (χ3n) is 2.43. The third kappa shape index (κ3) is 7.33. The molecule has 2 N–H and O–H groups in total. The maximum absolute atomic E-state index is 11.9. The van der Waals surface area contributed by atoms with Crippen LogP contribution in [0.15, 0.2) is 30.3 Å². The van der Waals surface area contributed by atoms with Gasteiger partial charge in [-0.1, -0.05) is 18.2 Å². The Hall–Kier alpha value is -1.72. The van der Waals surface area contributed by atoms with Crippen LogP contribution in [0.3, 0.4) is 0 Å². The molecule has 6 heteroatoms. The van der Waals surface area contributed by atoms with Crippen LogP contribution in [0.4, 0.5) is 18.9 Å². The largest absolute Gasteiger partial charge is 0.389 e. The lowest BCUT2D eigenvalue weighted by atomic mass is 10.2. The number of para-hydroxylation sites is 1. The number of hydrogen-bond acceptors (Lipinski definition) is 2. The number of amides is 1. The fourth-order valence-corrected chi connectivity index (χ4v) is 1.48. The molecule has 0 radical (unpaired) electrons. The highest BCUT2D eigenvalue weighted by atomic mass is 19.4. The van der Waals surface area contributed by atoms with E-state index in [1.54, 1.807) is 6.92 Å². The van der Waals surface area contributed by atoms with Crippen LogP contribution in [0.5, 0.6) is 0 Å². The van der Waals surface area contributed by atoms with Crippen LogP contribution >= 0.6 is 0 Å². The standard InChI is InChI=1S/C13H17F3N2O/c1-10(9-17-11-5-3-2-4-6-11)18-12(19)7-8-13(14,15)16/h2-6,10,17H,7-9H2,1H3,(H,18,19)/t10-/m1/s1. The molecule has 0 saturated carbocycles. The number of hydrogen-bond donors (Lipinski definition) is 2. The molecule has 0 heterocycles. The SMILES string of the molecule is C[C@H](CNc1ccccc1)NC(=O)CCC(F)(F)F. The Labute approximate surface area is 110 Å². The summed E-state index contributed by atoms with van der Waals surface area (Å²) in [6.07, 6.45) is -5.90. The molecule has 0 bridgehead atoms. The molecular formula is C13H17F3N2O. The summed E-state index contributed by atoms with van der Waals surface area (Å²) in [6.45, 7) is 2.20. The summed E-state index contributed by atoms with van der Waals surface area (Å²) in [5.41, 5.74) is 0.902. The Bertz CT molecular complexity index is 393. The molecular weight excluding hydrogens is 257 g/mol. The van der Waals surface area contributed by atoms with E-state index in [9.17, 15) is 18.0 Å². The molecule has 1 amide bonds. The van der Waals surface area contributed by atoms with Crippen molar-refractivity contribution >= 4 is 11.6 Å². The lowest BCUT2D eigenvalue weighted by Gasteiger charge is -2.16. The van der Waals surface area contributed by atoms with E-state index in [1.165, 1.54) is 0 Å². The van der Waals surface area contributed by atoms with Gasteiger partial charge in [-0.25, -0.2) is 0 Å². The molecule has 19 heavy (non-hydrogen) atoms. The van der Waals surface area contributed by atoms with E-state index in [0.717, 1.165) is 5.69 Å². The molecule has 0 aromatic heterocycles. The number of rotatable bonds is 6. The summed E-state index contributed by atoms with van der Waals surface area (Å²) in [4.78, 5) is 11.3. The monoisotopic (exact) mass is 274 g/mol. The highest BCUT2D eigenvalue weighted by Crippen LogP contribution is 2.21. The number of carbonyl (C=O) groups is 1. The number of carbonyl (C=O) groups excluding carboxylic acids is 1. The number of halogens is 3. The van der Waals surface area contributed by atoms with Crippen LogP contribution in [0.2, 0.25) is 0 Å². The maximum atomic E-state index is 11.9. The Balaban J connectivity index is 2.24. The van der Waals surface area contributed by atoms with Crippen LogP contribution in [0, 0.1) is 0 Å². The van der Waals surface area contributed by atoms with Crippen molar-refractivity contribution in [3.05, 3.63) is 30.3 Å². The summed E-state index contributed by atoms with van der Waals surface area (Å²) >= 11 is 0. The van der Waals surface area contributed by atoms with Gasteiger partial charge in [-0.05, 0) is 19.1 Å². The van der Waals surface area contributed by atoms with E-state index in [1.807, 2.05) is 30.3 Å². The highest BCUT2D eigenvalue weighted by molar-refractivity contribution is 5.76. The summed E-state index contributed by atoms with van der Waals surface area (Å²) in [5, 5.41) is 5.61. The second kappa shape index (κ2) is 7.01. The number of nitrogens with one attached hydrogen (secondary N) is 2. The van der Waals surface area contributed by atoms with Gasteiger partial charge in [0.25, 0.3) is 0 Å². The predicted molar refractivity (Wildman–Crippen MR) is 67.8 cm³/mol. The molecule has 0 aliphatic carbocycles. The molecule has 106 valence electrons. The first-order chi connectivity index (χ1) is 8.87. The summed E-state index contributed by atoms with van der Waals surface area (Å²) in [5.74, 6) is -0.584. The maximum Gasteiger partial charge on any atom is 0.389 e. The minimum atomic E-state index is -4.29. The Kier molecular flexibility index (Phi) is 5.66. The lowest BCUT2D eigenvalue weighted by Crippen LogP contribution is -2.37. The highest BCUT2D eigenvalue weighted by Gasteiger charge is 2.28. The van der Waals surface area contributed by atoms with E-state index in [2.05, 4.69) is 10.6 Å². The molecule has 1 aromatic rings. The van der Waals surface area contributed by atoms with Crippen molar-refractivity contribution in [3.8, 4) is 0 Å². The topological polar surface area (TPSA) is 41.1 Å². The van der Waals surface area contributed by atoms with Crippen LogP contribution < -0.4 is 10.6 Å². The number of benzene rings is 1. The Morgan fingerprint density at radius 1 is 1.26 bits per heavy atom. The van der Waals surface area contributed by atoms with Gasteiger partial charge >= 0.3 is 6.18 Å². The van der Waals surface area contributed by atoms with Gasteiger partial charge < -0.3 is 10.6 Å². The van der Waals surface area contributed by atoms with Crippen LogP contribution in [-0.4, -0.2) is 24.7 Å². The predicted octanol–water partition coefficient (Wildman–Crippen LogP) is 2.95. The zero-order chi connectivity index (χ0) is 14.3. The second-order valence-electron chi connectivity index (χ2n) is 4.33. The fourth-order valence-electron chi connectivity index (χ4n) is 1.48. The summed E-state index contributed by atoms with van der Waals surface area (Å²) < 4.78 is 35.8. The molecule has 0 fully saturated rings. The van der Waals surface area contributed by atoms with Crippen molar-refractivity contribution in [1.29, 1.82) is 0 Å². The molecule has 0 aliphatic heterocycles. The molecule has 3 nitrogen and oxygen atoms in total. The average Bonchev–Trinajstić information content (AvgIpc) is 2.34. The Morgan fingerprint density at radius 3 is 2.47 bits per heavy atom. The molecule has 0 saturated heterocycles. The quantitative estimate of drug-likeness (QED) is 0.837. The van der Waals surface area contributed by atoms with Gasteiger partial charge in [0, 0.05) is 24.7 Å². The number of anilines is 1. The van der Waals surface area contributed by atoms with Crippen molar-refractivity contribution < 1.29 is 18.0 Å². The van der Waals surface area contributed by atoms with Crippen LogP contribution in [0.1, 0.15) is 19.8 Å². The first kappa shape index (κ1) is 15.3. The normalized spacial score (nSPS) is 12.8. The first-order valence-corrected chi connectivity index (χ1v) is 6.02. The zero-order valence-corrected chi connectivity index (χ0v) is 10.6. The van der Waals surface area contributed by atoms with Gasteiger partial charge in [0.1, 0.15) is 0 Å². The van der Waals surface area contributed by atoms with Gasteiger partial charge in [-0.15, -0.1) is 0 Å². The smallest absolute Gasteiger partial charge is 0.383 e. The van der Waals surface area contributed by atoms with Gasteiger partial charge in [0.05, 0.1) is 6.42 Å². The second-order valence-corrected chi connectivity index (χ2v) is 4.33. The van der Waals surface area contributed by atoms with E-state index in [0.29, 0.717) is 6.54 Å². The summed E-state index contributed by atoms with van der Waals surface area (Å²) in [6, 6.07) is 9.13. The lowest BCUT2D eigenvalue weighted by molar-refractivity contribution is -0.144. The molecule has 1 atom stereocenters. The molecule has 0 spiro atoms. The van der Waals surface area contributed by atoms with Crippen molar-refractivity contribution in [2.24, 2.45) is 0 Å². The number of alkyl halides is 3. The van der Waals surface area contributed by atoms with Crippen LogP contribution in [0.25, 0.3) is 0 Å². The van der Waals surface area contributed by atoms with Crippen molar-refractivity contribution in [2.75, 3.05) is 11.9 Å². The van der Waals surface area contributed by atoms with E-state index in [4.69, 9.17) is 0 Å². The fraction of sp³-hybridized carbons (Fsp3) is 0.462. The zero-order valence-electron chi connectivity index (χ0n) is 10.6. The molecule has 1 aromatic carbocycles. The minimum absolute atomic E-state index is 0.235. The Morgan fingerprint density at radius 2 is 1.89 bits per heavy atom. The van der Waals surface area contributed by atoms with Crippen molar-refractivity contribution in [1.82, 2.24) is 5.32 Å². The van der Waals surface area contributed by atoms with Crippen LogP contribution in [-0.2, 0) is 4.79 Å². The van der Waals surface area contributed by atoms with Gasteiger partial charge in [0.15, 0.2) is 0 Å². The van der Waals surface area contributed by atoms with Gasteiger partial charge in [-0.2, -0.15) is 13.2 Å². The van der Waals surface area contributed by atoms with E-state index >= 15 is 0 Å². The first-order valence-electron chi connectivity index (χ1n) is 6.02. The average molecular weight is 274 g/mol. The van der Waals surface area contributed by atoms with E-state index < -0.39 is 24.9 Å². The molecule has 0 aliphatic rings. The van der Waals surface area contributed by atoms with Crippen molar-refractivity contribution in [3.63, 3.8) is 0 Å². The molecule has 0 unspecified atom stereocenters.